The standard InChI is InChI=1S/C27H28ClN3O4S/c28-16-8-10-18(11-9-16)29-24(32)21-20-12-13-27(35-20)22(21)26(34)31(15-19-7-4-14-36-19)23(27)25(33)30-17-5-2-1-3-6-17/h4,7-14,17,20-23H,1-3,5-6,15H2,(H,29,32)(H,30,33)/t20-,21-,22-,23+,27-/m1/s1. The van der Waals surface area contributed by atoms with Crippen molar-refractivity contribution in [2.75, 3.05) is 5.32 Å². The van der Waals surface area contributed by atoms with Gasteiger partial charge >= 0.3 is 0 Å². The number of nitrogens with one attached hydrogen (secondary N) is 2. The predicted octanol–water partition coefficient (Wildman–Crippen LogP) is 4.14. The number of rotatable bonds is 6. The van der Waals surface area contributed by atoms with Gasteiger partial charge in [-0.3, -0.25) is 14.4 Å². The number of benzene rings is 1. The fourth-order valence-corrected chi connectivity index (χ4v) is 7.12. The first-order valence-corrected chi connectivity index (χ1v) is 13.8. The Kier molecular flexibility index (Phi) is 6.14. The second kappa shape index (κ2) is 9.32. The summed E-state index contributed by atoms with van der Waals surface area (Å²) in [5, 5.41) is 8.65. The molecule has 1 aliphatic carbocycles. The zero-order valence-corrected chi connectivity index (χ0v) is 21.3. The number of fused-ring (bicyclic) bond motifs is 1. The van der Waals surface area contributed by atoms with Crippen LogP contribution in [0.25, 0.3) is 0 Å². The molecule has 1 aromatic carbocycles. The van der Waals surface area contributed by atoms with Crippen molar-refractivity contribution in [3.63, 3.8) is 0 Å². The molecule has 0 radical (unpaired) electrons. The Morgan fingerprint density at radius 2 is 1.89 bits per heavy atom. The van der Waals surface area contributed by atoms with Gasteiger partial charge in [0.25, 0.3) is 0 Å². The van der Waals surface area contributed by atoms with Crippen LogP contribution in [0.2, 0.25) is 5.02 Å². The van der Waals surface area contributed by atoms with E-state index in [4.69, 9.17) is 16.3 Å². The van der Waals surface area contributed by atoms with Gasteiger partial charge < -0.3 is 20.3 Å². The van der Waals surface area contributed by atoms with E-state index in [0.717, 1.165) is 30.6 Å². The highest BCUT2D eigenvalue weighted by atomic mass is 35.5. The zero-order chi connectivity index (χ0) is 24.9. The summed E-state index contributed by atoms with van der Waals surface area (Å²) in [6.07, 6.45) is 8.39. The van der Waals surface area contributed by atoms with Gasteiger partial charge in [0.15, 0.2) is 0 Å². The number of carbonyl (C=O) groups is 3. The van der Waals surface area contributed by atoms with E-state index >= 15 is 0 Å². The molecule has 3 fully saturated rings. The van der Waals surface area contributed by atoms with Gasteiger partial charge in [-0.25, -0.2) is 0 Å². The van der Waals surface area contributed by atoms with E-state index in [1.165, 1.54) is 6.42 Å². The molecule has 6 rings (SSSR count). The lowest BCUT2D eigenvalue weighted by Crippen LogP contribution is -2.56. The average Bonchev–Trinajstić information content (AvgIpc) is 3.64. The van der Waals surface area contributed by atoms with E-state index in [1.807, 2.05) is 29.7 Å². The van der Waals surface area contributed by atoms with Gasteiger partial charge in [-0.05, 0) is 48.6 Å². The molecule has 1 saturated carbocycles. The molecule has 2 saturated heterocycles. The predicted molar refractivity (Wildman–Crippen MR) is 137 cm³/mol. The van der Waals surface area contributed by atoms with E-state index in [1.54, 1.807) is 40.5 Å². The average molecular weight is 526 g/mol. The maximum absolute atomic E-state index is 14.0. The minimum atomic E-state index is -1.15. The molecule has 0 unspecified atom stereocenters. The number of anilines is 1. The van der Waals surface area contributed by atoms with Gasteiger partial charge in [0.05, 0.1) is 24.5 Å². The molecule has 4 heterocycles. The molecule has 3 aliphatic heterocycles. The van der Waals surface area contributed by atoms with Crippen molar-refractivity contribution in [1.82, 2.24) is 10.2 Å². The molecule has 36 heavy (non-hydrogen) atoms. The van der Waals surface area contributed by atoms with E-state index in [0.29, 0.717) is 17.3 Å². The van der Waals surface area contributed by atoms with Crippen LogP contribution in [0.15, 0.2) is 53.9 Å². The summed E-state index contributed by atoms with van der Waals surface area (Å²) >= 11 is 7.52. The third-order valence-electron chi connectivity index (χ3n) is 7.89. The second-order valence-corrected chi connectivity index (χ2v) is 11.6. The zero-order valence-electron chi connectivity index (χ0n) is 19.7. The van der Waals surface area contributed by atoms with Gasteiger partial charge in [-0.15, -0.1) is 11.3 Å². The van der Waals surface area contributed by atoms with E-state index in [-0.39, 0.29) is 23.8 Å². The summed E-state index contributed by atoms with van der Waals surface area (Å²) in [6, 6.07) is 10.0. The molecule has 7 nitrogen and oxygen atoms in total. The summed E-state index contributed by atoms with van der Waals surface area (Å²) in [6.45, 7) is 0.310. The van der Waals surface area contributed by atoms with Crippen LogP contribution in [0.4, 0.5) is 5.69 Å². The van der Waals surface area contributed by atoms with Crippen molar-refractivity contribution in [3.8, 4) is 0 Å². The SMILES string of the molecule is O=C(Nc1ccc(Cl)cc1)[C@@H]1[C@H]2C=C[C@]3(O2)[C@H](C(=O)NC2CCCCC2)N(Cc2cccs2)C(=O)[C@@H]13. The Labute approximate surface area is 218 Å². The van der Waals surface area contributed by atoms with Crippen molar-refractivity contribution in [2.45, 2.75) is 62.4 Å². The number of ether oxygens (including phenoxy) is 1. The highest BCUT2D eigenvalue weighted by Crippen LogP contribution is 2.55. The topological polar surface area (TPSA) is 87.7 Å². The van der Waals surface area contributed by atoms with Crippen LogP contribution in [0.3, 0.4) is 0 Å². The summed E-state index contributed by atoms with van der Waals surface area (Å²) in [5.74, 6) is -2.19. The Bertz CT molecular complexity index is 1190. The lowest BCUT2D eigenvalue weighted by atomic mass is 9.74. The molecular weight excluding hydrogens is 498 g/mol. The molecule has 5 atom stereocenters. The molecule has 2 N–H and O–H groups in total. The highest BCUT2D eigenvalue weighted by Gasteiger charge is 2.72. The lowest BCUT2D eigenvalue weighted by Gasteiger charge is -2.34. The van der Waals surface area contributed by atoms with Crippen molar-refractivity contribution in [1.29, 1.82) is 0 Å². The van der Waals surface area contributed by atoms with Crippen LogP contribution in [-0.2, 0) is 25.7 Å². The number of carbonyl (C=O) groups excluding carboxylic acids is 3. The van der Waals surface area contributed by atoms with Gasteiger partial charge in [0.2, 0.25) is 17.7 Å². The smallest absolute Gasteiger partial charge is 0.246 e. The number of halogens is 1. The molecule has 1 spiro atoms. The van der Waals surface area contributed by atoms with Crippen LogP contribution in [0.5, 0.6) is 0 Å². The summed E-state index contributed by atoms with van der Waals surface area (Å²) in [7, 11) is 0. The fraction of sp³-hybridized carbons (Fsp3) is 0.444. The maximum Gasteiger partial charge on any atom is 0.246 e. The van der Waals surface area contributed by atoms with Crippen LogP contribution >= 0.6 is 22.9 Å². The Morgan fingerprint density at radius 1 is 1.11 bits per heavy atom. The van der Waals surface area contributed by atoms with Crippen molar-refractivity contribution in [3.05, 3.63) is 63.8 Å². The van der Waals surface area contributed by atoms with E-state index < -0.39 is 29.6 Å². The number of likely N-dealkylation sites (tertiary alicyclic amines) is 1. The summed E-state index contributed by atoms with van der Waals surface area (Å²) < 4.78 is 6.40. The normalized spacial score (nSPS) is 31.0. The Morgan fingerprint density at radius 3 is 2.61 bits per heavy atom. The van der Waals surface area contributed by atoms with E-state index in [9.17, 15) is 14.4 Å². The number of hydrogen-bond donors (Lipinski definition) is 2. The first-order chi connectivity index (χ1) is 17.5. The highest BCUT2D eigenvalue weighted by molar-refractivity contribution is 7.09. The lowest BCUT2D eigenvalue weighted by molar-refractivity contribution is -0.142. The number of thiophene rings is 1. The van der Waals surface area contributed by atoms with Crippen LogP contribution < -0.4 is 10.6 Å². The van der Waals surface area contributed by atoms with Crippen molar-refractivity contribution < 1.29 is 19.1 Å². The monoisotopic (exact) mass is 525 g/mol. The fourth-order valence-electron chi connectivity index (χ4n) is 6.29. The minimum absolute atomic E-state index is 0.104. The van der Waals surface area contributed by atoms with Gasteiger partial charge in [-0.2, -0.15) is 0 Å². The number of hydrogen-bond acceptors (Lipinski definition) is 5. The van der Waals surface area contributed by atoms with Gasteiger partial charge in [0, 0.05) is 21.6 Å². The first kappa shape index (κ1) is 23.7. The third kappa shape index (κ3) is 3.96. The summed E-state index contributed by atoms with van der Waals surface area (Å²) in [5.41, 5.74) is -0.558. The minimum Gasteiger partial charge on any atom is -0.359 e. The van der Waals surface area contributed by atoms with Crippen LogP contribution in [0, 0.1) is 11.8 Å². The molecule has 9 heteroatoms. The molecule has 2 bridgehead atoms. The van der Waals surface area contributed by atoms with Crippen LogP contribution in [-0.4, -0.2) is 46.4 Å². The van der Waals surface area contributed by atoms with Crippen molar-refractivity contribution in [2.24, 2.45) is 11.8 Å². The number of nitrogens with zero attached hydrogens (tertiary/aromatic N) is 1. The Hall–Kier alpha value is -2.68. The Balaban J connectivity index is 1.31. The van der Waals surface area contributed by atoms with Crippen LogP contribution in [0.1, 0.15) is 37.0 Å². The van der Waals surface area contributed by atoms with Crippen molar-refractivity contribution >= 4 is 46.3 Å². The molecule has 3 amide bonds. The van der Waals surface area contributed by atoms with E-state index in [2.05, 4.69) is 10.6 Å². The molecule has 188 valence electrons. The molecule has 1 aromatic heterocycles. The van der Waals surface area contributed by atoms with Gasteiger partial charge in [-0.1, -0.05) is 49.1 Å². The largest absolute Gasteiger partial charge is 0.359 e. The number of amides is 3. The quantitative estimate of drug-likeness (QED) is 0.555. The molecule has 4 aliphatic rings. The maximum atomic E-state index is 14.0. The van der Waals surface area contributed by atoms with Gasteiger partial charge in [0.1, 0.15) is 11.6 Å². The third-order valence-corrected chi connectivity index (χ3v) is 9.01. The molecule has 2 aromatic rings. The second-order valence-electron chi connectivity index (χ2n) is 10.1. The molecular formula is C27H28ClN3O4S. The summed E-state index contributed by atoms with van der Waals surface area (Å²) in [4.78, 5) is 43.8. The first-order valence-electron chi connectivity index (χ1n) is 12.5.